The molecule has 0 aliphatic rings. The molecule has 0 atom stereocenters. The molecule has 0 fully saturated rings. The molecule has 0 unspecified atom stereocenters. The van der Waals surface area contributed by atoms with Crippen LogP contribution in [0.3, 0.4) is 0 Å². The van der Waals surface area contributed by atoms with Crippen molar-refractivity contribution in [3.05, 3.63) is 6.20 Å². The summed E-state index contributed by atoms with van der Waals surface area (Å²) in [4.78, 5) is 0. The Morgan fingerprint density at radius 1 is 1.35 bits per heavy atom. The molecule has 20 heavy (non-hydrogen) atoms. The lowest BCUT2D eigenvalue weighted by Crippen LogP contribution is -2.22. The molecular weight excluding hydrogens is 291 g/mol. The Bertz CT molecular complexity index is 430. The van der Waals surface area contributed by atoms with Crippen molar-refractivity contribution < 1.29 is 22.6 Å². The Hall–Kier alpha value is -1.22. The van der Waals surface area contributed by atoms with Crippen LogP contribution in [0.15, 0.2) is 6.20 Å². The minimum atomic E-state index is -4.41. The van der Waals surface area contributed by atoms with Gasteiger partial charge in [0, 0.05) is 14.7 Å². The van der Waals surface area contributed by atoms with Gasteiger partial charge in [-0.25, -0.2) is 4.68 Å². The largest absolute Gasteiger partial charge is 0.466 e. The molecule has 1 rings (SSSR count). The van der Waals surface area contributed by atoms with Crippen molar-refractivity contribution in [1.82, 2.24) is 9.78 Å². The highest BCUT2D eigenvalue weighted by atomic mass is 28.3. The van der Waals surface area contributed by atoms with E-state index >= 15 is 0 Å². The predicted octanol–water partition coefficient (Wildman–Crippen LogP) is 2.72. The normalized spacial score (nSPS) is 12.7. The maximum Gasteiger partial charge on any atom is 0.422 e. The van der Waals surface area contributed by atoms with Crippen molar-refractivity contribution in [3.8, 4) is 5.88 Å². The second kappa shape index (κ2) is 6.49. The number of nitrogens with zero attached hydrogens (tertiary/aromatic N) is 2. The van der Waals surface area contributed by atoms with E-state index in [0.29, 0.717) is 6.61 Å². The van der Waals surface area contributed by atoms with Gasteiger partial charge in [0.1, 0.15) is 12.4 Å². The summed E-state index contributed by atoms with van der Waals surface area (Å²) in [7, 11) is -1.16. The number of anilines is 1. The van der Waals surface area contributed by atoms with Crippen LogP contribution in [-0.2, 0) is 11.5 Å². The van der Waals surface area contributed by atoms with Crippen molar-refractivity contribution in [3.63, 3.8) is 0 Å². The highest BCUT2D eigenvalue weighted by molar-refractivity contribution is 6.76. The van der Waals surface area contributed by atoms with Crippen LogP contribution >= 0.6 is 0 Å². The third-order valence-corrected chi connectivity index (χ3v) is 4.05. The number of nitrogens with two attached hydrogens (primary N) is 1. The van der Waals surface area contributed by atoms with E-state index in [1.807, 2.05) is 0 Å². The molecule has 0 saturated carbocycles. The minimum Gasteiger partial charge on any atom is -0.466 e. The molecule has 9 heteroatoms. The summed E-state index contributed by atoms with van der Waals surface area (Å²) in [6.07, 6.45) is -3.02. The summed E-state index contributed by atoms with van der Waals surface area (Å²) >= 11 is 0. The van der Waals surface area contributed by atoms with Gasteiger partial charge >= 0.3 is 6.18 Å². The van der Waals surface area contributed by atoms with Gasteiger partial charge in [-0.1, -0.05) is 19.6 Å². The SMILES string of the molecule is C[Si](C)(C)CCOCn1cc(N)c(OCC(F)(F)F)n1. The molecule has 116 valence electrons. The highest BCUT2D eigenvalue weighted by Crippen LogP contribution is 2.22. The van der Waals surface area contributed by atoms with E-state index < -0.39 is 20.9 Å². The van der Waals surface area contributed by atoms with Crippen molar-refractivity contribution in [2.24, 2.45) is 0 Å². The van der Waals surface area contributed by atoms with Crippen LogP contribution in [-0.4, -0.2) is 37.2 Å². The zero-order valence-corrected chi connectivity index (χ0v) is 12.8. The molecule has 0 saturated heterocycles. The maximum absolute atomic E-state index is 12.0. The maximum atomic E-state index is 12.0. The second-order valence-electron chi connectivity index (χ2n) is 5.68. The highest BCUT2D eigenvalue weighted by Gasteiger charge is 2.29. The molecule has 0 aliphatic heterocycles. The number of halogens is 3. The Kier molecular flexibility index (Phi) is 5.46. The van der Waals surface area contributed by atoms with E-state index in [4.69, 9.17) is 10.5 Å². The van der Waals surface area contributed by atoms with Crippen LogP contribution in [0.2, 0.25) is 25.7 Å². The van der Waals surface area contributed by atoms with Gasteiger partial charge < -0.3 is 15.2 Å². The Morgan fingerprint density at radius 3 is 2.55 bits per heavy atom. The first-order valence-electron chi connectivity index (χ1n) is 6.17. The predicted molar refractivity (Wildman–Crippen MR) is 72.3 cm³/mol. The molecule has 0 aromatic carbocycles. The number of nitrogen functional groups attached to an aromatic ring is 1. The lowest BCUT2D eigenvalue weighted by Gasteiger charge is -2.15. The van der Waals surface area contributed by atoms with Crippen LogP contribution in [0, 0.1) is 0 Å². The fourth-order valence-corrected chi connectivity index (χ4v) is 2.04. The van der Waals surface area contributed by atoms with E-state index in [1.165, 1.54) is 10.9 Å². The van der Waals surface area contributed by atoms with Crippen molar-refractivity contribution >= 4 is 13.8 Å². The van der Waals surface area contributed by atoms with Crippen LogP contribution in [0.5, 0.6) is 5.88 Å². The van der Waals surface area contributed by atoms with E-state index in [0.717, 1.165) is 6.04 Å². The third-order valence-electron chi connectivity index (χ3n) is 2.35. The standard InChI is InChI=1S/C11H20F3N3O2Si/c1-20(2,3)5-4-18-8-17-6-9(15)10(16-17)19-7-11(12,13)14/h6H,4-5,7-8,15H2,1-3H3. The first-order chi connectivity index (χ1) is 9.07. The van der Waals surface area contributed by atoms with Gasteiger partial charge in [-0.05, 0) is 6.04 Å². The molecule has 1 aromatic rings. The fraction of sp³-hybridized carbons (Fsp3) is 0.727. The summed E-state index contributed by atoms with van der Waals surface area (Å²) < 4.78 is 47.3. The summed E-state index contributed by atoms with van der Waals surface area (Å²) in [5, 5.41) is 3.80. The molecule has 0 radical (unpaired) electrons. The molecule has 0 bridgehead atoms. The summed E-state index contributed by atoms with van der Waals surface area (Å²) in [5.41, 5.74) is 5.58. The number of hydrogen-bond donors (Lipinski definition) is 1. The molecule has 0 spiro atoms. The first kappa shape index (κ1) is 16.8. The summed E-state index contributed by atoms with van der Waals surface area (Å²) in [6, 6.07) is 1.00. The monoisotopic (exact) mass is 311 g/mol. The van der Waals surface area contributed by atoms with Crippen molar-refractivity contribution in [2.75, 3.05) is 18.9 Å². The van der Waals surface area contributed by atoms with Crippen LogP contribution < -0.4 is 10.5 Å². The topological polar surface area (TPSA) is 62.3 Å². The van der Waals surface area contributed by atoms with E-state index in [1.54, 1.807) is 0 Å². The zero-order valence-electron chi connectivity index (χ0n) is 11.8. The van der Waals surface area contributed by atoms with Gasteiger partial charge in [0.25, 0.3) is 5.88 Å². The van der Waals surface area contributed by atoms with Crippen LogP contribution in [0.25, 0.3) is 0 Å². The van der Waals surface area contributed by atoms with Gasteiger partial charge in [-0.2, -0.15) is 13.2 Å². The van der Waals surface area contributed by atoms with E-state index in [2.05, 4.69) is 29.5 Å². The average Bonchev–Trinajstić information content (AvgIpc) is 2.60. The van der Waals surface area contributed by atoms with Gasteiger partial charge in [-0.15, -0.1) is 5.10 Å². The van der Waals surface area contributed by atoms with E-state index in [-0.39, 0.29) is 18.3 Å². The smallest absolute Gasteiger partial charge is 0.422 e. The number of aromatic nitrogens is 2. The zero-order chi connectivity index (χ0) is 15.4. The molecule has 5 nitrogen and oxygen atoms in total. The lowest BCUT2D eigenvalue weighted by atomic mass is 10.6. The van der Waals surface area contributed by atoms with Gasteiger partial charge in [0.15, 0.2) is 6.61 Å². The van der Waals surface area contributed by atoms with E-state index in [9.17, 15) is 13.2 Å². The average molecular weight is 311 g/mol. The van der Waals surface area contributed by atoms with Crippen LogP contribution in [0.1, 0.15) is 0 Å². The quantitative estimate of drug-likeness (QED) is 0.621. The number of ether oxygens (including phenoxy) is 2. The number of hydrogen-bond acceptors (Lipinski definition) is 4. The second-order valence-corrected chi connectivity index (χ2v) is 11.3. The molecule has 1 aromatic heterocycles. The van der Waals surface area contributed by atoms with Gasteiger partial charge in [-0.3, -0.25) is 0 Å². The molecule has 2 N–H and O–H groups in total. The lowest BCUT2D eigenvalue weighted by molar-refractivity contribution is -0.154. The number of alkyl halides is 3. The number of rotatable bonds is 7. The Morgan fingerprint density at radius 2 is 2.00 bits per heavy atom. The van der Waals surface area contributed by atoms with Gasteiger partial charge in [0.2, 0.25) is 0 Å². The fourth-order valence-electron chi connectivity index (χ4n) is 1.28. The van der Waals surface area contributed by atoms with Gasteiger partial charge in [0.05, 0.1) is 6.20 Å². The first-order valence-corrected chi connectivity index (χ1v) is 9.88. The molecule has 1 heterocycles. The Labute approximate surface area is 116 Å². The third kappa shape index (κ3) is 6.80. The summed E-state index contributed by atoms with van der Waals surface area (Å²) in [6.45, 7) is 6.00. The Balaban J connectivity index is 2.41. The molecule has 0 aliphatic carbocycles. The minimum absolute atomic E-state index is 0.0584. The molecular formula is C11H20F3N3O2Si. The van der Waals surface area contributed by atoms with Crippen molar-refractivity contribution in [2.45, 2.75) is 38.6 Å². The summed E-state index contributed by atoms with van der Waals surface area (Å²) in [5.74, 6) is -0.226. The van der Waals surface area contributed by atoms with Crippen molar-refractivity contribution in [1.29, 1.82) is 0 Å². The molecule has 0 amide bonds. The van der Waals surface area contributed by atoms with Crippen LogP contribution in [0.4, 0.5) is 18.9 Å².